The summed E-state index contributed by atoms with van der Waals surface area (Å²) < 4.78 is 18.7. The van der Waals surface area contributed by atoms with Crippen LogP contribution in [0.5, 0.6) is 11.5 Å². The summed E-state index contributed by atoms with van der Waals surface area (Å²) in [5.41, 5.74) is -0.263. The molecule has 0 radical (unpaired) electrons. The molecule has 7 heteroatoms. The van der Waals surface area contributed by atoms with E-state index < -0.39 is 22.2 Å². The van der Waals surface area contributed by atoms with Crippen LogP contribution in [0.25, 0.3) is 0 Å². The number of halogens is 1. The smallest absolute Gasteiger partial charge is 0.314 e. The van der Waals surface area contributed by atoms with E-state index in [0.29, 0.717) is 0 Å². The molecule has 0 amide bonds. The zero-order chi connectivity index (χ0) is 14.7. The van der Waals surface area contributed by atoms with Gasteiger partial charge in [0, 0.05) is 13.0 Å². The number of para-hydroxylation sites is 1. The highest BCUT2D eigenvalue weighted by atomic mass is 19.1. The number of hydrogen-bond acceptors (Lipinski definition) is 5. The van der Waals surface area contributed by atoms with E-state index in [0.717, 1.165) is 12.1 Å². The normalized spacial score (nSPS) is 10.1. The molecule has 0 spiro atoms. The van der Waals surface area contributed by atoms with Crippen molar-refractivity contribution in [2.45, 2.75) is 6.92 Å². The van der Waals surface area contributed by atoms with Crippen LogP contribution >= 0.6 is 0 Å². The molecule has 0 atom stereocenters. The molecule has 0 saturated carbocycles. The van der Waals surface area contributed by atoms with E-state index in [9.17, 15) is 19.3 Å². The predicted octanol–water partition coefficient (Wildman–Crippen LogP) is 3.12. The summed E-state index contributed by atoms with van der Waals surface area (Å²) >= 11 is 0. The Morgan fingerprint density at radius 2 is 2.10 bits per heavy atom. The molecule has 6 nitrogen and oxygen atoms in total. The third-order valence-electron chi connectivity index (χ3n) is 2.46. The van der Waals surface area contributed by atoms with Crippen molar-refractivity contribution < 1.29 is 18.8 Å². The fourth-order valence-electron chi connectivity index (χ4n) is 1.51. The lowest BCUT2D eigenvalue weighted by atomic mass is 10.2. The molecule has 102 valence electrons. The zero-order valence-corrected chi connectivity index (χ0v) is 10.4. The van der Waals surface area contributed by atoms with Gasteiger partial charge < -0.3 is 4.74 Å². The van der Waals surface area contributed by atoms with Gasteiger partial charge in [-0.3, -0.25) is 14.9 Å². The maximum Gasteiger partial charge on any atom is 0.314 e. The van der Waals surface area contributed by atoms with E-state index in [4.69, 9.17) is 4.74 Å². The minimum Gasteiger partial charge on any atom is -0.445 e. The monoisotopic (exact) mass is 276 g/mol. The highest BCUT2D eigenvalue weighted by molar-refractivity contribution is 5.92. The molecule has 1 aromatic carbocycles. The highest BCUT2D eigenvalue weighted by Gasteiger charge is 2.20. The largest absolute Gasteiger partial charge is 0.445 e. The molecule has 1 heterocycles. The van der Waals surface area contributed by atoms with Gasteiger partial charge in [0.05, 0.1) is 11.1 Å². The van der Waals surface area contributed by atoms with Gasteiger partial charge in [-0.15, -0.1) is 0 Å². The Morgan fingerprint density at radius 3 is 2.65 bits per heavy atom. The van der Waals surface area contributed by atoms with Crippen LogP contribution in [0, 0.1) is 15.9 Å². The average molecular weight is 276 g/mol. The Morgan fingerprint density at radius 1 is 1.35 bits per heavy atom. The molecule has 0 aliphatic carbocycles. The van der Waals surface area contributed by atoms with Crippen molar-refractivity contribution in [3.63, 3.8) is 0 Å². The Balaban J connectivity index is 2.34. The van der Waals surface area contributed by atoms with E-state index >= 15 is 0 Å². The lowest BCUT2D eigenvalue weighted by molar-refractivity contribution is -0.385. The van der Waals surface area contributed by atoms with Crippen molar-refractivity contribution in [3.05, 3.63) is 58.2 Å². The van der Waals surface area contributed by atoms with E-state index in [1.54, 1.807) is 0 Å². The maximum atomic E-state index is 13.6. The van der Waals surface area contributed by atoms with Crippen molar-refractivity contribution in [3.8, 4) is 11.5 Å². The third-order valence-corrected chi connectivity index (χ3v) is 2.46. The zero-order valence-electron chi connectivity index (χ0n) is 10.4. The first-order valence-corrected chi connectivity index (χ1v) is 5.57. The second-order valence-corrected chi connectivity index (χ2v) is 3.88. The molecule has 0 N–H and O–H groups in total. The van der Waals surface area contributed by atoms with Crippen molar-refractivity contribution in [1.29, 1.82) is 0 Å². The van der Waals surface area contributed by atoms with Crippen molar-refractivity contribution >= 4 is 11.5 Å². The first kappa shape index (κ1) is 13.6. The van der Waals surface area contributed by atoms with E-state index in [2.05, 4.69) is 4.98 Å². The van der Waals surface area contributed by atoms with Crippen LogP contribution in [0.3, 0.4) is 0 Å². The van der Waals surface area contributed by atoms with Crippen LogP contribution in [0.1, 0.15) is 17.4 Å². The fraction of sp³-hybridized carbons (Fsp3) is 0.0769. The van der Waals surface area contributed by atoms with Gasteiger partial charge >= 0.3 is 5.69 Å². The summed E-state index contributed by atoms with van der Waals surface area (Å²) in [6.45, 7) is 1.35. The number of nitrogens with zero attached hydrogens (tertiary/aromatic N) is 2. The number of ketones is 1. The molecule has 0 saturated heterocycles. The van der Waals surface area contributed by atoms with Gasteiger partial charge in [0.15, 0.2) is 11.6 Å². The van der Waals surface area contributed by atoms with E-state index in [-0.39, 0.29) is 17.2 Å². The second-order valence-electron chi connectivity index (χ2n) is 3.88. The number of Topliss-reactive ketones (excluding diaryl/α,β-unsaturated/α-hetero) is 1. The quantitative estimate of drug-likeness (QED) is 0.486. The van der Waals surface area contributed by atoms with Crippen molar-refractivity contribution in [2.24, 2.45) is 0 Å². The number of pyridine rings is 1. The number of aromatic nitrogens is 1. The Hall–Kier alpha value is -2.83. The number of benzene rings is 1. The molecular formula is C13H9FN2O4. The van der Waals surface area contributed by atoms with Gasteiger partial charge in [0.25, 0.3) is 0 Å². The Kier molecular flexibility index (Phi) is 3.69. The molecule has 20 heavy (non-hydrogen) atoms. The van der Waals surface area contributed by atoms with Crippen molar-refractivity contribution in [2.75, 3.05) is 0 Å². The average Bonchev–Trinajstić information content (AvgIpc) is 2.41. The Labute approximate surface area is 113 Å². The lowest BCUT2D eigenvalue weighted by Crippen LogP contribution is -1.98. The first-order chi connectivity index (χ1) is 9.49. The molecule has 0 aliphatic heterocycles. The summed E-state index contributed by atoms with van der Waals surface area (Å²) in [4.78, 5) is 24.9. The summed E-state index contributed by atoms with van der Waals surface area (Å²) in [5, 5.41) is 10.8. The van der Waals surface area contributed by atoms with Gasteiger partial charge in [-0.25, -0.2) is 9.37 Å². The second kappa shape index (κ2) is 5.43. The van der Waals surface area contributed by atoms with Crippen molar-refractivity contribution in [1.82, 2.24) is 4.98 Å². The summed E-state index contributed by atoms with van der Waals surface area (Å²) in [6.07, 6.45) is 1.20. The number of carbonyl (C=O) groups excluding carboxylic acids is 1. The molecule has 0 aliphatic rings. The standard InChI is InChI=1S/C13H9FN2O4/c1-8(17)11-6-5-9(7-15-11)20-13-10(14)3-2-4-12(13)16(18)19/h2-7H,1H3. The molecule has 0 bridgehead atoms. The molecular weight excluding hydrogens is 267 g/mol. The number of hydrogen-bond donors (Lipinski definition) is 0. The fourth-order valence-corrected chi connectivity index (χ4v) is 1.51. The van der Waals surface area contributed by atoms with Crippen LogP contribution < -0.4 is 4.74 Å². The number of ether oxygens (including phenoxy) is 1. The number of carbonyl (C=O) groups is 1. The maximum absolute atomic E-state index is 13.6. The SMILES string of the molecule is CC(=O)c1ccc(Oc2c(F)cccc2[N+](=O)[O-])cn1. The number of nitro benzene ring substituents is 1. The van der Waals surface area contributed by atoms with Gasteiger partial charge in [-0.05, 0) is 18.2 Å². The molecule has 0 unspecified atom stereocenters. The van der Waals surface area contributed by atoms with Crippen LogP contribution in [0.2, 0.25) is 0 Å². The lowest BCUT2D eigenvalue weighted by Gasteiger charge is -2.07. The first-order valence-electron chi connectivity index (χ1n) is 5.57. The van der Waals surface area contributed by atoms with Crippen LogP contribution in [0.15, 0.2) is 36.5 Å². The number of rotatable bonds is 4. The van der Waals surface area contributed by atoms with Crippen LogP contribution in [-0.2, 0) is 0 Å². The summed E-state index contributed by atoms with van der Waals surface area (Å²) in [6, 6.07) is 6.19. The highest BCUT2D eigenvalue weighted by Crippen LogP contribution is 2.33. The van der Waals surface area contributed by atoms with Gasteiger partial charge in [0.2, 0.25) is 5.75 Å². The minimum absolute atomic E-state index is 0.100. The third kappa shape index (κ3) is 2.77. The molecule has 2 rings (SSSR count). The Bertz CT molecular complexity index is 671. The van der Waals surface area contributed by atoms with Gasteiger partial charge in [-0.2, -0.15) is 0 Å². The minimum atomic E-state index is -0.852. The molecule has 1 aromatic heterocycles. The van der Waals surface area contributed by atoms with Crippen LogP contribution in [-0.4, -0.2) is 15.7 Å². The molecule has 2 aromatic rings. The summed E-state index contributed by atoms with van der Waals surface area (Å²) in [5.74, 6) is -1.47. The predicted molar refractivity (Wildman–Crippen MR) is 67.4 cm³/mol. The molecule has 0 fully saturated rings. The van der Waals surface area contributed by atoms with Gasteiger partial charge in [-0.1, -0.05) is 6.07 Å². The number of nitro groups is 1. The van der Waals surface area contributed by atoms with Gasteiger partial charge in [0.1, 0.15) is 11.4 Å². The van der Waals surface area contributed by atoms with E-state index in [1.807, 2.05) is 0 Å². The van der Waals surface area contributed by atoms with E-state index in [1.165, 1.54) is 31.3 Å². The summed E-state index contributed by atoms with van der Waals surface area (Å²) in [7, 11) is 0. The van der Waals surface area contributed by atoms with Crippen LogP contribution in [0.4, 0.5) is 10.1 Å². The topological polar surface area (TPSA) is 82.3 Å².